The maximum absolute atomic E-state index is 10.5. The van der Waals surface area contributed by atoms with Crippen molar-refractivity contribution in [3.8, 4) is 0 Å². The Labute approximate surface area is 92.2 Å². The molecule has 4 heteroatoms. The van der Waals surface area contributed by atoms with Crippen LogP contribution in [0, 0.1) is 5.41 Å². The van der Waals surface area contributed by atoms with E-state index < -0.39 is 5.60 Å². The van der Waals surface area contributed by atoms with Crippen molar-refractivity contribution < 1.29 is 5.11 Å². The van der Waals surface area contributed by atoms with Gasteiger partial charge >= 0.3 is 0 Å². The van der Waals surface area contributed by atoms with E-state index in [1.54, 1.807) is 10.9 Å². The van der Waals surface area contributed by atoms with E-state index in [9.17, 15) is 5.11 Å². The van der Waals surface area contributed by atoms with Gasteiger partial charge in [0.1, 0.15) is 5.60 Å². The van der Waals surface area contributed by atoms with Crippen molar-refractivity contribution in [2.75, 3.05) is 0 Å². The number of aliphatic hydroxyl groups is 1. The molecule has 1 aliphatic rings. The molecule has 1 heterocycles. The van der Waals surface area contributed by atoms with E-state index >= 15 is 0 Å². The molecule has 0 saturated heterocycles. The topological polar surface area (TPSA) is 38.0 Å². The van der Waals surface area contributed by atoms with Crippen LogP contribution in [0.2, 0.25) is 0 Å². The minimum atomic E-state index is -0.795. The summed E-state index contributed by atoms with van der Waals surface area (Å²) in [6.07, 6.45) is 3.89. The highest BCUT2D eigenvalue weighted by molar-refractivity contribution is 9.10. The SMILES string of the molecule is Cn1ncc(Br)c1C(C)(O)C1(C)CC1. The first-order chi connectivity index (χ1) is 6.38. The molecule has 1 aromatic heterocycles. The van der Waals surface area contributed by atoms with Gasteiger partial charge in [-0.05, 0) is 35.7 Å². The van der Waals surface area contributed by atoms with Crippen LogP contribution in [0.1, 0.15) is 32.4 Å². The van der Waals surface area contributed by atoms with Gasteiger partial charge in [-0.1, -0.05) is 6.92 Å². The second-order valence-corrected chi connectivity index (χ2v) is 5.45. The molecule has 1 aliphatic carbocycles. The van der Waals surface area contributed by atoms with Crippen LogP contribution < -0.4 is 0 Å². The Balaban J connectivity index is 2.48. The van der Waals surface area contributed by atoms with Gasteiger partial charge in [0.15, 0.2) is 0 Å². The maximum atomic E-state index is 10.5. The number of hydrogen-bond acceptors (Lipinski definition) is 2. The maximum Gasteiger partial charge on any atom is 0.110 e. The molecule has 1 aromatic rings. The van der Waals surface area contributed by atoms with E-state index in [1.165, 1.54) is 0 Å². The van der Waals surface area contributed by atoms with Gasteiger partial charge in [-0.3, -0.25) is 4.68 Å². The van der Waals surface area contributed by atoms with E-state index in [4.69, 9.17) is 0 Å². The quantitative estimate of drug-likeness (QED) is 0.884. The fourth-order valence-corrected chi connectivity index (χ4v) is 2.65. The minimum Gasteiger partial charge on any atom is -0.383 e. The van der Waals surface area contributed by atoms with Crippen LogP contribution in [-0.4, -0.2) is 14.9 Å². The molecule has 78 valence electrons. The summed E-state index contributed by atoms with van der Waals surface area (Å²) in [5.41, 5.74) is 0.0953. The second-order valence-electron chi connectivity index (χ2n) is 4.60. The number of aromatic nitrogens is 2. The van der Waals surface area contributed by atoms with Crippen molar-refractivity contribution >= 4 is 15.9 Å². The molecule has 1 N–H and O–H groups in total. The first kappa shape index (κ1) is 10.2. The average Bonchev–Trinajstić information content (AvgIpc) is 2.73. The fourth-order valence-electron chi connectivity index (χ4n) is 1.92. The lowest BCUT2D eigenvalue weighted by atomic mass is 9.84. The van der Waals surface area contributed by atoms with E-state index in [-0.39, 0.29) is 5.41 Å². The van der Waals surface area contributed by atoms with Gasteiger partial charge in [0.25, 0.3) is 0 Å². The summed E-state index contributed by atoms with van der Waals surface area (Å²) < 4.78 is 2.63. The third kappa shape index (κ3) is 1.24. The predicted octanol–water partition coefficient (Wildman–Crippen LogP) is 2.19. The van der Waals surface area contributed by atoms with Crippen LogP contribution in [-0.2, 0) is 12.6 Å². The van der Waals surface area contributed by atoms with Gasteiger partial charge in [-0.25, -0.2) is 0 Å². The highest BCUT2D eigenvalue weighted by Gasteiger charge is 2.55. The molecule has 1 atom stereocenters. The first-order valence-corrected chi connectivity index (χ1v) is 5.58. The zero-order chi connectivity index (χ0) is 10.6. The van der Waals surface area contributed by atoms with Gasteiger partial charge in [-0.2, -0.15) is 5.10 Å². The molecule has 0 aliphatic heterocycles. The summed E-state index contributed by atoms with van der Waals surface area (Å²) in [4.78, 5) is 0. The lowest BCUT2D eigenvalue weighted by molar-refractivity contribution is -0.0205. The van der Waals surface area contributed by atoms with E-state index in [1.807, 2.05) is 14.0 Å². The van der Waals surface area contributed by atoms with Crippen LogP contribution in [0.15, 0.2) is 10.7 Å². The molecule has 1 saturated carbocycles. The second kappa shape index (κ2) is 2.83. The summed E-state index contributed by atoms with van der Waals surface area (Å²) in [5.74, 6) is 0. The third-order valence-corrected chi connectivity index (χ3v) is 4.11. The Morgan fingerprint density at radius 3 is 2.57 bits per heavy atom. The van der Waals surface area contributed by atoms with E-state index in [0.717, 1.165) is 23.0 Å². The van der Waals surface area contributed by atoms with Gasteiger partial charge in [0, 0.05) is 12.5 Å². The van der Waals surface area contributed by atoms with Crippen molar-refractivity contribution in [1.29, 1.82) is 0 Å². The molecule has 1 fully saturated rings. The molecule has 0 aromatic carbocycles. The number of halogens is 1. The number of rotatable bonds is 2. The normalized spacial score (nSPS) is 23.2. The lowest BCUT2D eigenvalue weighted by Gasteiger charge is -2.31. The Kier molecular flexibility index (Phi) is 2.05. The average molecular weight is 259 g/mol. The van der Waals surface area contributed by atoms with Crippen molar-refractivity contribution in [2.45, 2.75) is 32.3 Å². The highest BCUT2D eigenvalue weighted by atomic mass is 79.9. The molecular formula is C10H15BrN2O. The fraction of sp³-hybridized carbons (Fsp3) is 0.700. The van der Waals surface area contributed by atoms with Gasteiger partial charge in [0.2, 0.25) is 0 Å². The van der Waals surface area contributed by atoms with Crippen LogP contribution in [0.5, 0.6) is 0 Å². The van der Waals surface area contributed by atoms with Crippen LogP contribution in [0.4, 0.5) is 0 Å². The molecule has 0 radical (unpaired) electrons. The number of nitrogens with zero attached hydrogens (tertiary/aromatic N) is 2. The Hall–Kier alpha value is -0.350. The predicted molar refractivity (Wildman–Crippen MR) is 57.8 cm³/mol. The molecule has 14 heavy (non-hydrogen) atoms. The molecule has 2 rings (SSSR count). The molecule has 0 spiro atoms. The summed E-state index contributed by atoms with van der Waals surface area (Å²) in [6, 6.07) is 0. The van der Waals surface area contributed by atoms with Crippen molar-refractivity contribution in [3.63, 3.8) is 0 Å². The molecule has 0 amide bonds. The summed E-state index contributed by atoms with van der Waals surface area (Å²) >= 11 is 3.43. The van der Waals surface area contributed by atoms with Gasteiger partial charge < -0.3 is 5.11 Å². The Morgan fingerprint density at radius 2 is 2.21 bits per heavy atom. The van der Waals surface area contributed by atoms with Crippen LogP contribution >= 0.6 is 15.9 Å². The van der Waals surface area contributed by atoms with Crippen LogP contribution in [0.25, 0.3) is 0 Å². The van der Waals surface area contributed by atoms with Crippen molar-refractivity contribution in [3.05, 3.63) is 16.4 Å². The summed E-state index contributed by atoms with van der Waals surface area (Å²) in [7, 11) is 1.86. The minimum absolute atomic E-state index is 0.0172. The monoisotopic (exact) mass is 258 g/mol. The standard InChI is InChI=1S/C10H15BrN2O/c1-9(4-5-9)10(2,14)8-7(11)6-12-13(8)3/h6,14H,4-5H2,1-3H3. The van der Waals surface area contributed by atoms with E-state index in [2.05, 4.69) is 28.0 Å². The summed E-state index contributed by atoms with van der Waals surface area (Å²) in [5, 5.41) is 14.7. The molecule has 3 nitrogen and oxygen atoms in total. The third-order valence-electron chi connectivity index (χ3n) is 3.53. The van der Waals surface area contributed by atoms with E-state index in [0.29, 0.717) is 0 Å². The Morgan fingerprint density at radius 1 is 1.64 bits per heavy atom. The lowest BCUT2D eigenvalue weighted by Crippen LogP contribution is -2.34. The van der Waals surface area contributed by atoms with Crippen molar-refractivity contribution in [1.82, 2.24) is 9.78 Å². The molecule has 1 unspecified atom stereocenters. The largest absolute Gasteiger partial charge is 0.383 e. The van der Waals surface area contributed by atoms with Gasteiger partial charge in [-0.15, -0.1) is 0 Å². The van der Waals surface area contributed by atoms with Gasteiger partial charge in [0.05, 0.1) is 16.4 Å². The highest BCUT2D eigenvalue weighted by Crippen LogP contribution is 2.58. The van der Waals surface area contributed by atoms with Crippen LogP contribution in [0.3, 0.4) is 0 Å². The zero-order valence-corrected chi connectivity index (χ0v) is 10.3. The van der Waals surface area contributed by atoms with Crippen molar-refractivity contribution in [2.24, 2.45) is 12.5 Å². The molecule has 0 bridgehead atoms. The molecular weight excluding hydrogens is 244 g/mol. The first-order valence-electron chi connectivity index (χ1n) is 4.79. The Bertz CT molecular complexity index is 347. The smallest absolute Gasteiger partial charge is 0.110 e. The number of aryl methyl sites for hydroxylation is 1. The summed E-state index contributed by atoms with van der Waals surface area (Å²) in [6.45, 7) is 3.99. The zero-order valence-electron chi connectivity index (χ0n) is 8.71. The number of hydrogen-bond donors (Lipinski definition) is 1.